The first-order valence-corrected chi connectivity index (χ1v) is 14.8. The fraction of sp³-hybridized carbons (Fsp3) is 0.171. The summed E-state index contributed by atoms with van der Waals surface area (Å²) in [5.74, 6) is -0.0533. The van der Waals surface area contributed by atoms with Gasteiger partial charge in [-0.1, -0.05) is 30.3 Å². The molecule has 1 unspecified atom stereocenters. The van der Waals surface area contributed by atoms with E-state index in [-0.39, 0.29) is 11.6 Å². The Morgan fingerprint density at radius 2 is 1.50 bits per heavy atom. The number of anilines is 2. The fourth-order valence-corrected chi connectivity index (χ4v) is 5.37. The number of hydrogen-bond acceptors (Lipinski definition) is 6. The molecule has 0 heterocycles. The molecule has 9 heteroatoms. The van der Waals surface area contributed by atoms with Gasteiger partial charge in [0.2, 0.25) is 5.91 Å². The Hall–Kier alpha value is -5.02. The van der Waals surface area contributed by atoms with E-state index in [9.17, 15) is 14.4 Å². The first-order valence-electron chi connectivity index (χ1n) is 13.9. The van der Waals surface area contributed by atoms with Gasteiger partial charge in [0.15, 0.2) is 0 Å². The standard InChI is InChI=1S/C35H35N3O5S/c1-22-16-23(2)18-28(17-22)37-33(39)24(3)44-30-13-9-12-27(21-30)36-35(41)31(38-34(40)25-10-7-6-8-11-25)20-26-19-29(42-4)14-15-32(26)43-5/h6-21,24H,1-5H3,(H,36,41)(H,37,39)(H,38,40)/b31-20+. The van der Waals surface area contributed by atoms with Crippen LogP contribution in [-0.2, 0) is 9.59 Å². The third kappa shape index (κ3) is 8.75. The number of benzene rings is 4. The number of ether oxygens (including phenoxy) is 2. The van der Waals surface area contributed by atoms with Gasteiger partial charge in [0.25, 0.3) is 11.8 Å². The molecule has 0 aromatic heterocycles. The molecule has 226 valence electrons. The predicted octanol–water partition coefficient (Wildman–Crippen LogP) is 6.85. The number of methoxy groups -OCH3 is 2. The Kier molecular flexibility index (Phi) is 10.8. The van der Waals surface area contributed by atoms with Gasteiger partial charge in [0, 0.05) is 27.4 Å². The molecule has 0 aliphatic heterocycles. The minimum Gasteiger partial charge on any atom is -0.497 e. The Balaban J connectivity index is 1.54. The minimum absolute atomic E-state index is 0.00431. The molecule has 0 radical (unpaired) electrons. The zero-order valence-electron chi connectivity index (χ0n) is 25.3. The van der Waals surface area contributed by atoms with Crippen LogP contribution in [0.4, 0.5) is 11.4 Å². The van der Waals surface area contributed by atoms with Crippen LogP contribution in [-0.4, -0.2) is 37.2 Å². The Labute approximate surface area is 261 Å². The van der Waals surface area contributed by atoms with Crippen molar-refractivity contribution in [2.45, 2.75) is 30.9 Å². The third-order valence-corrected chi connectivity index (χ3v) is 7.62. The molecule has 44 heavy (non-hydrogen) atoms. The minimum atomic E-state index is -0.540. The Bertz CT molecular complexity index is 1670. The molecular weight excluding hydrogens is 574 g/mol. The van der Waals surface area contributed by atoms with Crippen molar-refractivity contribution >= 4 is 46.9 Å². The maximum atomic E-state index is 13.6. The molecule has 0 saturated carbocycles. The summed E-state index contributed by atoms with van der Waals surface area (Å²) in [5.41, 5.74) is 4.34. The van der Waals surface area contributed by atoms with E-state index in [1.54, 1.807) is 73.8 Å². The summed E-state index contributed by atoms with van der Waals surface area (Å²) in [6.07, 6.45) is 1.54. The van der Waals surface area contributed by atoms with Crippen LogP contribution in [0.5, 0.6) is 11.5 Å². The highest BCUT2D eigenvalue weighted by atomic mass is 32.2. The van der Waals surface area contributed by atoms with E-state index in [1.807, 2.05) is 39.0 Å². The summed E-state index contributed by atoms with van der Waals surface area (Å²) in [4.78, 5) is 40.4. The molecule has 4 rings (SSSR count). The number of nitrogens with one attached hydrogen (secondary N) is 3. The van der Waals surface area contributed by atoms with Crippen molar-refractivity contribution in [1.82, 2.24) is 5.32 Å². The van der Waals surface area contributed by atoms with Crippen LogP contribution in [0.3, 0.4) is 0 Å². The number of carbonyl (C=O) groups excluding carboxylic acids is 3. The van der Waals surface area contributed by atoms with Crippen molar-refractivity contribution in [1.29, 1.82) is 0 Å². The number of amides is 3. The second-order valence-electron chi connectivity index (χ2n) is 10.1. The second kappa shape index (κ2) is 14.9. The van der Waals surface area contributed by atoms with Crippen LogP contribution in [0, 0.1) is 13.8 Å². The topological polar surface area (TPSA) is 106 Å². The number of carbonyl (C=O) groups is 3. The fourth-order valence-electron chi connectivity index (χ4n) is 4.44. The summed E-state index contributed by atoms with van der Waals surface area (Å²) >= 11 is 1.37. The van der Waals surface area contributed by atoms with Gasteiger partial charge in [-0.3, -0.25) is 14.4 Å². The SMILES string of the molecule is COc1ccc(OC)c(/C=C(/NC(=O)c2ccccc2)C(=O)Nc2cccc(SC(C)C(=O)Nc3cc(C)cc(C)c3)c2)c1. The van der Waals surface area contributed by atoms with E-state index in [2.05, 4.69) is 22.0 Å². The molecule has 0 aliphatic rings. The maximum Gasteiger partial charge on any atom is 0.272 e. The molecule has 4 aromatic carbocycles. The van der Waals surface area contributed by atoms with Gasteiger partial charge in [-0.25, -0.2) is 0 Å². The molecule has 0 saturated heterocycles. The number of rotatable bonds is 11. The zero-order valence-corrected chi connectivity index (χ0v) is 26.1. The average molecular weight is 610 g/mol. The monoisotopic (exact) mass is 609 g/mol. The number of thioether (sulfide) groups is 1. The molecule has 3 N–H and O–H groups in total. The van der Waals surface area contributed by atoms with E-state index < -0.39 is 17.1 Å². The van der Waals surface area contributed by atoms with Gasteiger partial charge in [0.1, 0.15) is 17.2 Å². The molecule has 0 fully saturated rings. The van der Waals surface area contributed by atoms with Gasteiger partial charge in [-0.15, -0.1) is 11.8 Å². The lowest BCUT2D eigenvalue weighted by Crippen LogP contribution is -2.30. The molecule has 0 bridgehead atoms. The van der Waals surface area contributed by atoms with E-state index in [0.717, 1.165) is 21.7 Å². The van der Waals surface area contributed by atoms with Gasteiger partial charge < -0.3 is 25.4 Å². The highest BCUT2D eigenvalue weighted by Gasteiger charge is 2.18. The molecule has 0 aliphatic carbocycles. The third-order valence-electron chi connectivity index (χ3n) is 6.53. The van der Waals surface area contributed by atoms with Gasteiger partial charge >= 0.3 is 0 Å². The van der Waals surface area contributed by atoms with Crippen molar-refractivity contribution in [3.05, 3.63) is 119 Å². The first-order chi connectivity index (χ1) is 21.1. The lowest BCUT2D eigenvalue weighted by Gasteiger charge is -2.15. The Morgan fingerprint density at radius 3 is 2.18 bits per heavy atom. The van der Waals surface area contributed by atoms with Gasteiger partial charge in [-0.05, 0) is 98.6 Å². The lowest BCUT2D eigenvalue weighted by atomic mass is 10.1. The van der Waals surface area contributed by atoms with E-state index in [0.29, 0.717) is 28.3 Å². The summed E-state index contributed by atoms with van der Waals surface area (Å²) in [6.45, 7) is 5.80. The second-order valence-corrected chi connectivity index (χ2v) is 11.5. The largest absolute Gasteiger partial charge is 0.497 e. The van der Waals surface area contributed by atoms with Gasteiger partial charge in [0.05, 0.1) is 19.5 Å². The van der Waals surface area contributed by atoms with E-state index in [4.69, 9.17) is 9.47 Å². The zero-order chi connectivity index (χ0) is 31.6. The predicted molar refractivity (Wildman–Crippen MR) is 176 cm³/mol. The van der Waals surface area contributed by atoms with Crippen molar-refractivity contribution in [2.75, 3.05) is 24.9 Å². The lowest BCUT2D eigenvalue weighted by molar-refractivity contribution is -0.115. The van der Waals surface area contributed by atoms with Crippen LogP contribution < -0.4 is 25.4 Å². The quantitative estimate of drug-likeness (QED) is 0.127. The molecule has 0 spiro atoms. The maximum absolute atomic E-state index is 13.6. The Morgan fingerprint density at radius 1 is 0.773 bits per heavy atom. The highest BCUT2D eigenvalue weighted by molar-refractivity contribution is 8.00. The van der Waals surface area contributed by atoms with Crippen LogP contribution >= 0.6 is 11.8 Å². The van der Waals surface area contributed by atoms with Crippen molar-refractivity contribution in [3.8, 4) is 11.5 Å². The molecular formula is C35H35N3O5S. The van der Waals surface area contributed by atoms with Crippen molar-refractivity contribution < 1.29 is 23.9 Å². The van der Waals surface area contributed by atoms with Crippen LogP contribution in [0.2, 0.25) is 0 Å². The molecule has 4 aromatic rings. The normalized spacial score (nSPS) is 11.7. The van der Waals surface area contributed by atoms with Crippen molar-refractivity contribution in [3.63, 3.8) is 0 Å². The first kappa shape index (κ1) is 31.9. The smallest absolute Gasteiger partial charge is 0.272 e. The number of aryl methyl sites for hydroxylation is 2. The summed E-state index contributed by atoms with van der Waals surface area (Å²) in [5, 5.41) is 8.19. The molecule has 1 atom stereocenters. The average Bonchev–Trinajstić information content (AvgIpc) is 3.00. The van der Waals surface area contributed by atoms with Crippen molar-refractivity contribution in [2.24, 2.45) is 0 Å². The number of hydrogen-bond donors (Lipinski definition) is 3. The van der Waals surface area contributed by atoms with Crippen LogP contribution in [0.25, 0.3) is 6.08 Å². The van der Waals surface area contributed by atoms with Crippen LogP contribution in [0.1, 0.15) is 34.0 Å². The summed E-state index contributed by atoms with van der Waals surface area (Å²) < 4.78 is 10.8. The van der Waals surface area contributed by atoms with E-state index in [1.165, 1.54) is 24.9 Å². The van der Waals surface area contributed by atoms with E-state index >= 15 is 0 Å². The van der Waals surface area contributed by atoms with Crippen LogP contribution in [0.15, 0.2) is 102 Å². The summed E-state index contributed by atoms with van der Waals surface area (Å²) in [7, 11) is 3.06. The highest BCUT2D eigenvalue weighted by Crippen LogP contribution is 2.28. The molecule has 8 nitrogen and oxygen atoms in total. The molecule has 3 amide bonds. The summed E-state index contributed by atoms with van der Waals surface area (Å²) in [6, 6.07) is 26.9. The van der Waals surface area contributed by atoms with Gasteiger partial charge in [-0.2, -0.15) is 0 Å².